The Balaban J connectivity index is 1.75. The van der Waals surface area contributed by atoms with Crippen LogP contribution >= 0.6 is 0 Å². The van der Waals surface area contributed by atoms with Gasteiger partial charge < -0.3 is 19.6 Å². The van der Waals surface area contributed by atoms with Crippen molar-refractivity contribution in [3.63, 3.8) is 0 Å². The molecule has 0 aliphatic heterocycles. The number of imidazole rings is 1. The number of nitro groups is 1. The van der Waals surface area contributed by atoms with Crippen LogP contribution in [0.15, 0.2) is 36.8 Å². The molecule has 1 saturated carbocycles. The van der Waals surface area contributed by atoms with E-state index >= 15 is 0 Å². The van der Waals surface area contributed by atoms with Gasteiger partial charge in [0.2, 0.25) is 12.2 Å². The van der Waals surface area contributed by atoms with Crippen molar-refractivity contribution in [1.29, 1.82) is 0 Å². The van der Waals surface area contributed by atoms with E-state index in [2.05, 4.69) is 4.98 Å². The van der Waals surface area contributed by atoms with Gasteiger partial charge in [-0.15, -0.1) is 0 Å². The van der Waals surface area contributed by atoms with Gasteiger partial charge >= 0.3 is 5.82 Å². The van der Waals surface area contributed by atoms with Gasteiger partial charge in [-0.2, -0.15) is 0 Å². The monoisotopic (exact) mass is 360 g/mol. The van der Waals surface area contributed by atoms with E-state index in [9.17, 15) is 19.3 Å². The molecule has 8 heteroatoms. The summed E-state index contributed by atoms with van der Waals surface area (Å²) in [5.74, 6) is -0.705. The number of benzene rings is 1. The molecule has 1 aliphatic carbocycles. The lowest BCUT2D eigenvalue weighted by atomic mass is 9.93. The third-order valence-electron chi connectivity index (χ3n) is 4.73. The van der Waals surface area contributed by atoms with Gasteiger partial charge in [-0.3, -0.25) is 4.79 Å². The third-order valence-corrected chi connectivity index (χ3v) is 4.73. The molecular weight excluding hydrogens is 339 g/mol. The van der Waals surface area contributed by atoms with Crippen molar-refractivity contribution in [2.45, 2.75) is 51.2 Å². The van der Waals surface area contributed by atoms with Crippen molar-refractivity contribution >= 4 is 11.7 Å². The van der Waals surface area contributed by atoms with Crippen molar-refractivity contribution in [3.05, 3.63) is 58.3 Å². The van der Waals surface area contributed by atoms with E-state index in [-0.39, 0.29) is 30.1 Å². The molecule has 0 N–H and O–H groups in total. The summed E-state index contributed by atoms with van der Waals surface area (Å²) in [7, 11) is 0. The molecule has 2 aromatic rings. The molecule has 1 aromatic carbocycles. The van der Waals surface area contributed by atoms with Gasteiger partial charge in [0.15, 0.2) is 0 Å². The fourth-order valence-corrected chi connectivity index (χ4v) is 3.38. The highest BCUT2D eigenvalue weighted by Crippen LogP contribution is 2.25. The molecule has 1 amide bonds. The summed E-state index contributed by atoms with van der Waals surface area (Å²) >= 11 is 0. The van der Waals surface area contributed by atoms with E-state index < -0.39 is 4.92 Å². The summed E-state index contributed by atoms with van der Waals surface area (Å²) in [6.45, 7) is 0.402. The molecule has 1 aliphatic rings. The molecule has 1 aromatic heterocycles. The lowest BCUT2D eigenvalue weighted by molar-refractivity contribution is -0.389. The molecule has 0 unspecified atom stereocenters. The van der Waals surface area contributed by atoms with Gasteiger partial charge in [0.25, 0.3) is 0 Å². The molecule has 0 spiro atoms. The number of hydrogen-bond acceptors (Lipinski definition) is 4. The number of carbonyl (C=O) groups is 1. The lowest BCUT2D eigenvalue weighted by Crippen LogP contribution is -2.42. The van der Waals surface area contributed by atoms with Crippen LogP contribution in [0.1, 0.15) is 37.7 Å². The van der Waals surface area contributed by atoms with E-state index in [1.165, 1.54) is 35.6 Å². The highest BCUT2D eigenvalue weighted by atomic mass is 19.1. The molecule has 138 valence electrons. The maximum atomic E-state index is 13.1. The zero-order valence-corrected chi connectivity index (χ0v) is 14.4. The number of aromatic nitrogens is 2. The van der Waals surface area contributed by atoms with Crippen molar-refractivity contribution in [1.82, 2.24) is 14.5 Å². The highest BCUT2D eigenvalue weighted by Gasteiger charge is 2.26. The molecule has 0 bridgehead atoms. The van der Waals surface area contributed by atoms with Gasteiger partial charge in [0.05, 0.1) is 0 Å². The van der Waals surface area contributed by atoms with Crippen LogP contribution < -0.4 is 0 Å². The highest BCUT2D eigenvalue weighted by molar-refractivity contribution is 5.76. The number of nitrogens with zero attached hydrogens (tertiary/aromatic N) is 4. The Hall–Kier alpha value is -2.77. The average molecular weight is 360 g/mol. The third kappa shape index (κ3) is 4.44. The number of hydrogen-bond donors (Lipinski definition) is 0. The van der Waals surface area contributed by atoms with Gasteiger partial charge in [-0.1, -0.05) is 31.4 Å². The molecule has 0 radical (unpaired) electrons. The van der Waals surface area contributed by atoms with Crippen LogP contribution in [0.3, 0.4) is 0 Å². The van der Waals surface area contributed by atoms with E-state index in [0.717, 1.165) is 31.2 Å². The largest absolute Gasteiger partial charge is 0.381 e. The van der Waals surface area contributed by atoms with Crippen LogP contribution in [0, 0.1) is 15.9 Å². The average Bonchev–Trinajstić information content (AvgIpc) is 3.10. The first-order valence-electron chi connectivity index (χ1n) is 8.73. The maximum absolute atomic E-state index is 13.1. The second-order valence-corrected chi connectivity index (χ2v) is 6.60. The summed E-state index contributed by atoms with van der Waals surface area (Å²) in [6, 6.07) is 6.27. The SMILES string of the molecule is O=C(Cn1cnc([N+](=O)[O-])c1)N(Cc1ccc(F)cc1)C1CCCCC1. The Morgan fingerprint density at radius 1 is 1.27 bits per heavy atom. The number of rotatable bonds is 6. The Labute approximate surface area is 150 Å². The van der Waals surface area contributed by atoms with Crippen molar-refractivity contribution in [2.75, 3.05) is 0 Å². The first-order chi connectivity index (χ1) is 12.5. The minimum atomic E-state index is -0.585. The van der Waals surface area contributed by atoms with Crippen LogP contribution in [0.25, 0.3) is 0 Å². The zero-order chi connectivity index (χ0) is 18.5. The summed E-state index contributed by atoms with van der Waals surface area (Å²) < 4.78 is 14.6. The van der Waals surface area contributed by atoms with E-state index in [0.29, 0.717) is 6.54 Å². The summed E-state index contributed by atoms with van der Waals surface area (Å²) in [6.07, 6.45) is 7.77. The molecular formula is C18H21FN4O3. The summed E-state index contributed by atoms with van der Waals surface area (Å²) in [5.41, 5.74) is 0.863. The van der Waals surface area contributed by atoms with E-state index in [4.69, 9.17) is 0 Å². The standard InChI is InChI=1S/C18H21FN4O3/c19-15-8-6-14(7-9-15)10-22(16-4-2-1-3-5-16)18(24)12-21-11-17(20-13-21)23(25)26/h6-9,11,13,16H,1-5,10,12H2. The number of halogens is 1. The van der Waals surface area contributed by atoms with Crippen LogP contribution in [0.5, 0.6) is 0 Å². The molecule has 0 saturated heterocycles. The maximum Gasteiger partial charge on any atom is 0.381 e. The predicted octanol–water partition coefficient (Wildman–Crippen LogP) is 3.29. The Bertz CT molecular complexity index is 769. The lowest BCUT2D eigenvalue weighted by Gasteiger charge is -2.34. The molecule has 1 fully saturated rings. The Morgan fingerprint density at radius 3 is 2.58 bits per heavy atom. The van der Waals surface area contributed by atoms with Crippen LogP contribution in [-0.4, -0.2) is 31.3 Å². The second kappa shape index (κ2) is 8.07. The molecule has 0 atom stereocenters. The molecule has 3 rings (SSSR count). The van der Waals surface area contributed by atoms with Gasteiger partial charge in [0.1, 0.15) is 18.6 Å². The smallest absolute Gasteiger partial charge is 0.358 e. The molecule has 26 heavy (non-hydrogen) atoms. The van der Waals surface area contributed by atoms with Crippen LogP contribution in [0.4, 0.5) is 10.2 Å². The first kappa shape index (κ1) is 18.0. The van der Waals surface area contributed by atoms with Gasteiger partial charge in [-0.25, -0.2) is 4.39 Å². The number of amides is 1. The topological polar surface area (TPSA) is 81.3 Å². The Kier molecular flexibility index (Phi) is 5.60. The fourth-order valence-electron chi connectivity index (χ4n) is 3.38. The summed E-state index contributed by atoms with van der Waals surface area (Å²) in [5, 5.41) is 10.8. The zero-order valence-electron chi connectivity index (χ0n) is 14.4. The predicted molar refractivity (Wildman–Crippen MR) is 92.7 cm³/mol. The second-order valence-electron chi connectivity index (χ2n) is 6.60. The fraction of sp³-hybridized carbons (Fsp3) is 0.444. The van der Waals surface area contributed by atoms with Gasteiger partial charge in [0, 0.05) is 12.6 Å². The van der Waals surface area contributed by atoms with Crippen LogP contribution in [-0.2, 0) is 17.9 Å². The van der Waals surface area contributed by atoms with Crippen molar-refractivity contribution in [3.8, 4) is 0 Å². The van der Waals surface area contributed by atoms with Gasteiger partial charge in [-0.05, 0) is 40.4 Å². The number of carbonyl (C=O) groups excluding carboxylic acids is 1. The van der Waals surface area contributed by atoms with E-state index in [1.54, 1.807) is 12.1 Å². The van der Waals surface area contributed by atoms with Crippen molar-refractivity contribution in [2.24, 2.45) is 0 Å². The van der Waals surface area contributed by atoms with E-state index in [1.807, 2.05) is 4.90 Å². The van der Waals surface area contributed by atoms with Crippen molar-refractivity contribution < 1.29 is 14.1 Å². The first-order valence-corrected chi connectivity index (χ1v) is 8.73. The summed E-state index contributed by atoms with van der Waals surface area (Å²) in [4.78, 5) is 28.6. The molecule has 7 nitrogen and oxygen atoms in total. The quantitative estimate of drug-likeness (QED) is 0.585. The minimum Gasteiger partial charge on any atom is -0.358 e. The van der Waals surface area contributed by atoms with Crippen LogP contribution in [0.2, 0.25) is 0 Å². The molecule has 1 heterocycles. The normalized spacial score (nSPS) is 15.0. The Morgan fingerprint density at radius 2 is 1.96 bits per heavy atom. The minimum absolute atomic E-state index is 0.00145.